The molecule has 0 spiro atoms. The van der Waals surface area contributed by atoms with E-state index >= 15 is 0 Å². The van der Waals surface area contributed by atoms with Gasteiger partial charge in [0.2, 0.25) is 0 Å². The van der Waals surface area contributed by atoms with Crippen molar-refractivity contribution in [2.75, 3.05) is 27.2 Å². The average Bonchev–Trinajstić information content (AvgIpc) is 2.97. The van der Waals surface area contributed by atoms with Gasteiger partial charge in [0.05, 0.1) is 10.7 Å². The number of fused-ring (bicyclic) bond motifs is 1. The minimum absolute atomic E-state index is 0.109. The third-order valence-electron chi connectivity index (χ3n) is 4.63. The van der Waals surface area contributed by atoms with E-state index in [0.29, 0.717) is 17.3 Å². The Kier molecular flexibility index (Phi) is 4.76. The van der Waals surface area contributed by atoms with Crippen molar-refractivity contribution >= 4 is 23.2 Å². The van der Waals surface area contributed by atoms with E-state index in [9.17, 15) is 4.79 Å². The van der Waals surface area contributed by atoms with Crippen LogP contribution in [0.5, 0.6) is 5.75 Å². The fourth-order valence-corrected chi connectivity index (χ4v) is 3.39. The molecule has 27 heavy (non-hydrogen) atoms. The lowest BCUT2D eigenvalue weighted by atomic mass is 10.1. The van der Waals surface area contributed by atoms with Crippen LogP contribution in [0.3, 0.4) is 0 Å². The molecule has 0 radical (unpaired) electrons. The normalized spacial score (nSPS) is 14.9. The Balaban J connectivity index is 1.52. The van der Waals surface area contributed by atoms with Gasteiger partial charge in [0, 0.05) is 39.9 Å². The molecule has 1 amide bonds. The minimum Gasteiger partial charge on any atom is -0.488 e. The minimum atomic E-state index is -0.109. The van der Waals surface area contributed by atoms with Gasteiger partial charge in [0.1, 0.15) is 17.5 Å². The number of ether oxygens (including phenoxy) is 1. The lowest BCUT2D eigenvalue weighted by Gasteiger charge is -2.39. The molecule has 1 aromatic carbocycles. The Labute approximate surface area is 162 Å². The summed E-state index contributed by atoms with van der Waals surface area (Å²) in [5.41, 5.74) is 2.04. The van der Waals surface area contributed by atoms with Gasteiger partial charge >= 0.3 is 0 Å². The number of carbonyl (C=O) groups is 1. The molecule has 3 heterocycles. The summed E-state index contributed by atoms with van der Waals surface area (Å²) in [6.45, 7) is 2.22. The molecule has 0 atom stereocenters. The van der Waals surface area contributed by atoms with Crippen LogP contribution in [0.2, 0.25) is 5.02 Å². The number of amides is 1. The molecule has 1 saturated heterocycles. The molecule has 1 aliphatic rings. The topological polar surface area (TPSA) is 50.1 Å². The Morgan fingerprint density at radius 3 is 2.67 bits per heavy atom. The maximum Gasteiger partial charge on any atom is 0.273 e. The summed E-state index contributed by atoms with van der Waals surface area (Å²) in [4.78, 5) is 20.9. The summed E-state index contributed by atoms with van der Waals surface area (Å²) < 4.78 is 7.87. The molecule has 7 heteroatoms. The number of benzene rings is 1. The monoisotopic (exact) mass is 384 g/mol. The van der Waals surface area contributed by atoms with Crippen LogP contribution in [0.4, 0.5) is 0 Å². The molecular weight excluding hydrogens is 364 g/mol. The van der Waals surface area contributed by atoms with E-state index in [4.69, 9.17) is 16.3 Å². The van der Waals surface area contributed by atoms with Crippen molar-refractivity contribution in [3.05, 3.63) is 65.1 Å². The molecular formula is C20H21ClN4O2. The molecule has 3 aromatic rings. The van der Waals surface area contributed by atoms with Crippen molar-refractivity contribution in [3.8, 4) is 5.75 Å². The number of pyridine rings is 1. The number of para-hydroxylation sites is 1. The van der Waals surface area contributed by atoms with Crippen molar-refractivity contribution in [2.45, 2.75) is 12.6 Å². The predicted molar refractivity (Wildman–Crippen MR) is 104 cm³/mol. The van der Waals surface area contributed by atoms with Crippen molar-refractivity contribution in [1.82, 2.24) is 19.2 Å². The summed E-state index contributed by atoms with van der Waals surface area (Å²) in [7, 11) is 3.47. The zero-order valence-electron chi connectivity index (χ0n) is 15.3. The second kappa shape index (κ2) is 7.21. The Morgan fingerprint density at radius 2 is 1.96 bits per heavy atom. The van der Waals surface area contributed by atoms with Crippen LogP contribution in [-0.4, -0.2) is 58.4 Å². The summed E-state index contributed by atoms with van der Waals surface area (Å²) in [5, 5.41) is 0.610. The van der Waals surface area contributed by atoms with Crippen LogP contribution in [0.1, 0.15) is 16.2 Å². The van der Waals surface area contributed by atoms with E-state index in [2.05, 4.69) is 9.88 Å². The third-order valence-corrected chi connectivity index (χ3v) is 4.86. The van der Waals surface area contributed by atoms with Gasteiger partial charge in [-0.2, -0.15) is 0 Å². The highest BCUT2D eigenvalue weighted by atomic mass is 35.5. The molecule has 140 valence electrons. The zero-order valence-corrected chi connectivity index (χ0v) is 16.1. The standard InChI is InChI=1S/C20H21ClN4O2/c1-23(2)20(26)19-17(25-10-14(21)8-9-18(25)22-19)13-24-11-16(12-24)27-15-6-4-3-5-7-15/h3-10,16H,11-13H2,1-2H3. The highest BCUT2D eigenvalue weighted by Crippen LogP contribution is 2.23. The maximum absolute atomic E-state index is 12.6. The molecule has 1 aliphatic heterocycles. The van der Waals surface area contributed by atoms with Gasteiger partial charge in [-0.1, -0.05) is 29.8 Å². The van der Waals surface area contributed by atoms with Crippen LogP contribution in [0, 0.1) is 0 Å². The van der Waals surface area contributed by atoms with Crippen molar-refractivity contribution < 1.29 is 9.53 Å². The van der Waals surface area contributed by atoms with E-state index < -0.39 is 0 Å². The first kappa shape index (κ1) is 17.8. The van der Waals surface area contributed by atoms with Crippen molar-refractivity contribution in [1.29, 1.82) is 0 Å². The number of hydrogen-bond acceptors (Lipinski definition) is 4. The molecule has 2 aromatic heterocycles. The Hall–Kier alpha value is -2.57. The number of aromatic nitrogens is 2. The quantitative estimate of drug-likeness (QED) is 0.678. The van der Waals surface area contributed by atoms with Gasteiger partial charge in [0.15, 0.2) is 5.69 Å². The van der Waals surface area contributed by atoms with Crippen LogP contribution >= 0.6 is 11.6 Å². The van der Waals surface area contributed by atoms with Crippen LogP contribution < -0.4 is 4.74 Å². The SMILES string of the molecule is CN(C)C(=O)c1nc2ccc(Cl)cn2c1CN1CC(Oc2ccccc2)C1. The lowest BCUT2D eigenvalue weighted by Crippen LogP contribution is -2.53. The summed E-state index contributed by atoms with van der Waals surface area (Å²) in [5.74, 6) is 0.773. The molecule has 0 aliphatic carbocycles. The number of nitrogens with zero attached hydrogens (tertiary/aromatic N) is 4. The second-order valence-electron chi connectivity index (χ2n) is 6.93. The fourth-order valence-electron chi connectivity index (χ4n) is 3.23. The smallest absolute Gasteiger partial charge is 0.273 e. The summed E-state index contributed by atoms with van der Waals surface area (Å²) >= 11 is 6.16. The number of hydrogen-bond donors (Lipinski definition) is 0. The zero-order chi connectivity index (χ0) is 19.0. The maximum atomic E-state index is 12.6. The Morgan fingerprint density at radius 1 is 1.22 bits per heavy atom. The van der Waals surface area contributed by atoms with Crippen molar-refractivity contribution in [2.24, 2.45) is 0 Å². The highest BCUT2D eigenvalue weighted by Gasteiger charge is 2.31. The third kappa shape index (κ3) is 3.63. The average molecular weight is 385 g/mol. The van der Waals surface area contributed by atoms with Gasteiger partial charge in [-0.25, -0.2) is 4.98 Å². The fraction of sp³-hybridized carbons (Fsp3) is 0.300. The summed E-state index contributed by atoms with van der Waals surface area (Å²) in [6.07, 6.45) is 1.96. The molecule has 0 unspecified atom stereocenters. The van der Waals surface area contributed by atoms with E-state index in [0.717, 1.165) is 30.2 Å². The van der Waals surface area contributed by atoms with E-state index in [-0.39, 0.29) is 12.0 Å². The second-order valence-corrected chi connectivity index (χ2v) is 7.37. The molecule has 1 fully saturated rings. The molecule has 0 saturated carbocycles. The number of halogens is 1. The molecule has 0 bridgehead atoms. The van der Waals surface area contributed by atoms with Gasteiger partial charge in [-0.15, -0.1) is 0 Å². The first-order valence-electron chi connectivity index (χ1n) is 8.83. The summed E-state index contributed by atoms with van der Waals surface area (Å²) in [6, 6.07) is 13.4. The predicted octanol–water partition coefficient (Wildman–Crippen LogP) is 2.95. The van der Waals surface area contributed by atoms with Crippen LogP contribution in [0.25, 0.3) is 5.65 Å². The molecule has 6 nitrogen and oxygen atoms in total. The van der Waals surface area contributed by atoms with Gasteiger partial charge in [-0.05, 0) is 24.3 Å². The number of likely N-dealkylation sites (tertiary alicyclic amines) is 1. The van der Waals surface area contributed by atoms with Gasteiger partial charge in [0.25, 0.3) is 5.91 Å². The highest BCUT2D eigenvalue weighted by molar-refractivity contribution is 6.30. The number of rotatable bonds is 5. The van der Waals surface area contributed by atoms with E-state index in [1.807, 2.05) is 47.0 Å². The van der Waals surface area contributed by atoms with E-state index in [1.54, 1.807) is 25.1 Å². The van der Waals surface area contributed by atoms with Crippen LogP contribution in [-0.2, 0) is 6.54 Å². The first-order chi connectivity index (χ1) is 13.0. The largest absolute Gasteiger partial charge is 0.488 e. The van der Waals surface area contributed by atoms with Crippen LogP contribution in [0.15, 0.2) is 48.7 Å². The first-order valence-corrected chi connectivity index (χ1v) is 9.21. The van der Waals surface area contributed by atoms with Crippen molar-refractivity contribution in [3.63, 3.8) is 0 Å². The number of carbonyl (C=O) groups excluding carboxylic acids is 1. The van der Waals surface area contributed by atoms with E-state index in [1.165, 1.54) is 0 Å². The molecule has 0 N–H and O–H groups in total. The lowest BCUT2D eigenvalue weighted by molar-refractivity contribution is 0.0135. The van der Waals surface area contributed by atoms with Gasteiger partial charge in [-0.3, -0.25) is 9.69 Å². The molecule has 4 rings (SSSR count). The number of imidazole rings is 1. The Bertz CT molecular complexity index is 965. The van der Waals surface area contributed by atoms with Gasteiger partial charge < -0.3 is 14.0 Å².